The Morgan fingerprint density at radius 1 is 1.45 bits per heavy atom. The van der Waals surface area contributed by atoms with E-state index in [-0.39, 0.29) is 11.4 Å². The van der Waals surface area contributed by atoms with Gasteiger partial charge in [0, 0.05) is 6.07 Å². The van der Waals surface area contributed by atoms with Gasteiger partial charge in [-0.05, 0) is 37.5 Å². The number of benzene rings is 1. The van der Waals surface area contributed by atoms with Crippen molar-refractivity contribution in [3.05, 3.63) is 33.4 Å². The molecule has 6 heteroatoms. The number of nitro benzene ring substituents is 1. The Labute approximate surface area is 117 Å². The third-order valence-corrected chi connectivity index (χ3v) is 3.12. The largest absolute Gasteiger partial charge is 0.319 e. The SMILES string of the molecule is CCCC(C#N)C(=O)Nc1cc(C)c(C)cc1[N+](=O)[O-]. The minimum atomic E-state index is -0.791. The van der Waals surface area contributed by atoms with Crippen LogP contribution in [0.3, 0.4) is 0 Å². The maximum absolute atomic E-state index is 11.9. The smallest absolute Gasteiger partial charge is 0.293 e. The predicted molar refractivity (Wildman–Crippen MR) is 75.2 cm³/mol. The number of carbonyl (C=O) groups excluding carboxylic acids is 1. The maximum Gasteiger partial charge on any atom is 0.293 e. The summed E-state index contributed by atoms with van der Waals surface area (Å²) in [7, 11) is 0. The van der Waals surface area contributed by atoms with Gasteiger partial charge in [-0.15, -0.1) is 0 Å². The summed E-state index contributed by atoms with van der Waals surface area (Å²) in [5, 5.41) is 22.5. The lowest BCUT2D eigenvalue weighted by Crippen LogP contribution is -2.22. The number of carbonyl (C=O) groups is 1. The van der Waals surface area contributed by atoms with Crippen molar-refractivity contribution in [1.29, 1.82) is 5.26 Å². The highest BCUT2D eigenvalue weighted by molar-refractivity contribution is 5.96. The molecule has 0 radical (unpaired) electrons. The Bertz CT molecular complexity index is 576. The molecule has 1 aromatic carbocycles. The molecule has 0 aliphatic rings. The van der Waals surface area contributed by atoms with Crippen LogP contribution in [-0.4, -0.2) is 10.8 Å². The lowest BCUT2D eigenvalue weighted by molar-refractivity contribution is -0.384. The molecule has 1 amide bonds. The number of nitrogens with zero attached hydrogens (tertiary/aromatic N) is 2. The average molecular weight is 275 g/mol. The minimum Gasteiger partial charge on any atom is -0.319 e. The molecular formula is C14H17N3O3. The topological polar surface area (TPSA) is 96.0 Å². The molecule has 1 unspecified atom stereocenters. The van der Waals surface area contributed by atoms with Gasteiger partial charge in [-0.2, -0.15) is 5.26 Å². The minimum absolute atomic E-state index is 0.138. The third kappa shape index (κ3) is 3.54. The van der Waals surface area contributed by atoms with E-state index in [1.807, 2.05) is 19.9 Å². The Kier molecular flexibility index (Phi) is 5.21. The van der Waals surface area contributed by atoms with Crippen molar-refractivity contribution >= 4 is 17.3 Å². The van der Waals surface area contributed by atoms with Gasteiger partial charge in [-0.25, -0.2) is 0 Å². The molecule has 0 saturated heterocycles. The Morgan fingerprint density at radius 3 is 2.55 bits per heavy atom. The average Bonchev–Trinajstić information content (AvgIpc) is 2.39. The molecule has 106 valence electrons. The van der Waals surface area contributed by atoms with E-state index in [2.05, 4.69) is 5.32 Å². The highest BCUT2D eigenvalue weighted by Gasteiger charge is 2.22. The number of hydrogen-bond acceptors (Lipinski definition) is 4. The maximum atomic E-state index is 11.9. The molecule has 6 nitrogen and oxygen atoms in total. The number of nitriles is 1. The van der Waals surface area contributed by atoms with Gasteiger partial charge in [-0.1, -0.05) is 13.3 Å². The molecule has 1 rings (SSSR count). The fourth-order valence-corrected chi connectivity index (χ4v) is 1.81. The van der Waals surface area contributed by atoms with E-state index in [0.717, 1.165) is 11.1 Å². The van der Waals surface area contributed by atoms with Crippen LogP contribution in [0, 0.1) is 41.2 Å². The van der Waals surface area contributed by atoms with Crippen LogP contribution in [0.4, 0.5) is 11.4 Å². The van der Waals surface area contributed by atoms with Gasteiger partial charge < -0.3 is 5.32 Å². The predicted octanol–water partition coefficient (Wildman–Crippen LogP) is 3.09. The summed E-state index contributed by atoms with van der Waals surface area (Å²) in [5.74, 6) is -1.29. The second kappa shape index (κ2) is 6.66. The zero-order chi connectivity index (χ0) is 15.3. The quantitative estimate of drug-likeness (QED) is 0.659. The summed E-state index contributed by atoms with van der Waals surface area (Å²) in [6.07, 6.45) is 1.13. The molecule has 1 aromatic rings. The number of rotatable bonds is 5. The van der Waals surface area contributed by atoms with Crippen LogP contribution in [-0.2, 0) is 4.79 Å². The molecule has 0 heterocycles. The van der Waals surface area contributed by atoms with Crippen LogP contribution in [0.25, 0.3) is 0 Å². The van der Waals surface area contributed by atoms with Gasteiger partial charge in [-0.3, -0.25) is 14.9 Å². The summed E-state index contributed by atoms with van der Waals surface area (Å²) in [6.45, 7) is 5.45. The zero-order valence-corrected chi connectivity index (χ0v) is 11.8. The van der Waals surface area contributed by atoms with E-state index in [0.29, 0.717) is 12.8 Å². The fraction of sp³-hybridized carbons (Fsp3) is 0.429. The van der Waals surface area contributed by atoms with E-state index in [4.69, 9.17) is 5.26 Å². The lowest BCUT2D eigenvalue weighted by Gasteiger charge is -2.11. The van der Waals surface area contributed by atoms with Crippen molar-refractivity contribution in [3.63, 3.8) is 0 Å². The van der Waals surface area contributed by atoms with Crippen molar-refractivity contribution in [3.8, 4) is 6.07 Å². The first-order valence-electron chi connectivity index (χ1n) is 6.36. The molecule has 0 spiro atoms. The standard InChI is InChI=1S/C14H17N3O3/c1-4-5-11(8-15)14(18)16-12-6-9(2)10(3)7-13(12)17(19)20/h6-7,11H,4-5H2,1-3H3,(H,16,18). The molecule has 0 fully saturated rings. The Balaban J connectivity index is 3.08. The van der Waals surface area contributed by atoms with Gasteiger partial charge in [0.05, 0.1) is 11.0 Å². The number of hydrogen-bond donors (Lipinski definition) is 1. The molecule has 0 aliphatic heterocycles. The first-order chi connectivity index (χ1) is 9.40. The van der Waals surface area contributed by atoms with Crippen molar-refractivity contribution in [2.75, 3.05) is 5.32 Å². The van der Waals surface area contributed by atoms with Crippen LogP contribution in [0.5, 0.6) is 0 Å². The van der Waals surface area contributed by atoms with Crippen molar-refractivity contribution in [2.45, 2.75) is 33.6 Å². The summed E-state index contributed by atoms with van der Waals surface area (Å²) >= 11 is 0. The second-order valence-corrected chi connectivity index (χ2v) is 4.67. The molecule has 20 heavy (non-hydrogen) atoms. The number of anilines is 1. The van der Waals surface area contributed by atoms with Gasteiger partial charge >= 0.3 is 0 Å². The van der Waals surface area contributed by atoms with Crippen molar-refractivity contribution < 1.29 is 9.72 Å². The van der Waals surface area contributed by atoms with Crippen LogP contribution < -0.4 is 5.32 Å². The Morgan fingerprint density at radius 2 is 2.05 bits per heavy atom. The normalized spacial score (nSPS) is 11.5. The van der Waals surface area contributed by atoms with Crippen LogP contribution in [0.15, 0.2) is 12.1 Å². The van der Waals surface area contributed by atoms with E-state index in [1.54, 1.807) is 13.0 Å². The number of aryl methyl sites for hydroxylation is 2. The van der Waals surface area contributed by atoms with Gasteiger partial charge in [0.15, 0.2) is 0 Å². The molecule has 0 aliphatic carbocycles. The molecule has 1 atom stereocenters. The number of nitrogens with one attached hydrogen (secondary N) is 1. The molecule has 0 bridgehead atoms. The van der Waals surface area contributed by atoms with Crippen LogP contribution >= 0.6 is 0 Å². The first-order valence-corrected chi connectivity index (χ1v) is 6.36. The first kappa shape index (κ1) is 15.6. The zero-order valence-electron chi connectivity index (χ0n) is 11.8. The highest BCUT2D eigenvalue weighted by Crippen LogP contribution is 2.28. The summed E-state index contributed by atoms with van der Waals surface area (Å²) in [5.41, 5.74) is 1.60. The third-order valence-electron chi connectivity index (χ3n) is 3.12. The number of nitro groups is 1. The van der Waals surface area contributed by atoms with Gasteiger partial charge in [0.1, 0.15) is 11.6 Å². The monoisotopic (exact) mass is 275 g/mol. The van der Waals surface area contributed by atoms with Crippen LogP contribution in [0.2, 0.25) is 0 Å². The molecular weight excluding hydrogens is 258 g/mol. The summed E-state index contributed by atoms with van der Waals surface area (Å²) in [6, 6.07) is 4.90. The van der Waals surface area contributed by atoms with E-state index in [9.17, 15) is 14.9 Å². The second-order valence-electron chi connectivity index (χ2n) is 4.67. The van der Waals surface area contributed by atoms with E-state index >= 15 is 0 Å². The van der Waals surface area contributed by atoms with E-state index < -0.39 is 16.7 Å². The van der Waals surface area contributed by atoms with Crippen molar-refractivity contribution in [2.24, 2.45) is 5.92 Å². The molecule has 0 aromatic heterocycles. The Hall–Kier alpha value is -2.42. The number of amides is 1. The van der Waals surface area contributed by atoms with Gasteiger partial charge in [0.2, 0.25) is 5.91 Å². The van der Waals surface area contributed by atoms with Crippen LogP contribution in [0.1, 0.15) is 30.9 Å². The van der Waals surface area contributed by atoms with E-state index in [1.165, 1.54) is 6.07 Å². The lowest BCUT2D eigenvalue weighted by atomic mass is 10.0. The highest BCUT2D eigenvalue weighted by atomic mass is 16.6. The fourth-order valence-electron chi connectivity index (χ4n) is 1.81. The van der Waals surface area contributed by atoms with Gasteiger partial charge in [0.25, 0.3) is 5.69 Å². The van der Waals surface area contributed by atoms with Crippen molar-refractivity contribution in [1.82, 2.24) is 0 Å². The summed E-state index contributed by atoms with van der Waals surface area (Å²) in [4.78, 5) is 22.4. The summed E-state index contributed by atoms with van der Waals surface area (Å²) < 4.78 is 0. The molecule has 1 N–H and O–H groups in total. The molecule has 0 saturated carbocycles.